The minimum absolute atomic E-state index is 0.0560. The van der Waals surface area contributed by atoms with Crippen molar-refractivity contribution >= 4 is 23.3 Å². The molecule has 0 aliphatic carbocycles. The Morgan fingerprint density at radius 3 is 2.59 bits per heavy atom. The van der Waals surface area contributed by atoms with E-state index in [1.165, 1.54) is 4.90 Å². The molecule has 0 atom stereocenters. The average Bonchev–Trinajstić information content (AvgIpc) is 3.42. The van der Waals surface area contributed by atoms with Gasteiger partial charge in [0.1, 0.15) is 12.3 Å². The van der Waals surface area contributed by atoms with Crippen molar-refractivity contribution in [3.8, 4) is 23.0 Å². The standard InChI is InChI=1S/C24H21N3O5/c28-23(25-19-8-4-5-9-20(19)32-18-6-2-1-3-7-18)15-26-12-13-27(24(26)29)17-10-11-21-22(14-17)31-16-30-21/h1-11,14H,12-13,15-16H2,(H,25,28). The molecule has 162 valence electrons. The van der Waals surface area contributed by atoms with E-state index in [0.29, 0.717) is 47.5 Å². The minimum Gasteiger partial charge on any atom is -0.455 e. The molecule has 0 spiro atoms. The minimum atomic E-state index is -0.296. The molecular formula is C24H21N3O5. The zero-order valence-electron chi connectivity index (χ0n) is 17.2. The lowest BCUT2D eigenvalue weighted by atomic mass is 10.2. The number of nitrogens with zero attached hydrogens (tertiary/aromatic N) is 2. The van der Waals surface area contributed by atoms with Gasteiger partial charge in [0.25, 0.3) is 0 Å². The van der Waals surface area contributed by atoms with E-state index in [0.717, 1.165) is 0 Å². The second-order valence-electron chi connectivity index (χ2n) is 7.35. The van der Waals surface area contributed by atoms with Crippen molar-refractivity contribution in [2.24, 2.45) is 0 Å². The largest absolute Gasteiger partial charge is 0.455 e. The molecule has 3 amide bonds. The van der Waals surface area contributed by atoms with Crippen LogP contribution in [0.15, 0.2) is 72.8 Å². The first-order valence-electron chi connectivity index (χ1n) is 10.3. The average molecular weight is 431 g/mol. The third-order valence-corrected chi connectivity index (χ3v) is 5.23. The van der Waals surface area contributed by atoms with Crippen LogP contribution in [-0.2, 0) is 4.79 Å². The number of amides is 3. The van der Waals surface area contributed by atoms with Crippen molar-refractivity contribution in [2.75, 3.05) is 36.6 Å². The monoisotopic (exact) mass is 431 g/mol. The van der Waals surface area contributed by atoms with Gasteiger partial charge in [0, 0.05) is 24.8 Å². The molecule has 2 aliphatic heterocycles. The second-order valence-corrected chi connectivity index (χ2v) is 7.35. The quantitative estimate of drug-likeness (QED) is 0.636. The Bertz CT molecular complexity index is 1150. The summed E-state index contributed by atoms with van der Waals surface area (Å²) in [5, 5.41) is 2.85. The second kappa shape index (κ2) is 8.50. The van der Waals surface area contributed by atoms with E-state index >= 15 is 0 Å². The van der Waals surface area contributed by atoms with Gasteiger partial charge in [0.15, 0.2) is 17.2 Å². The Kier molecular flexibility index (Phi) is 5.25. The fourth-order valence-electron chi connectivity index (χ4n) is 3.66. The van der Waals surface area contributed by atoms with Crippen LogP contribution in [0.5, 0.6) is 23.0 Å². The maximum atomic E-state index is 12.9. The molecule has 0 aromatic heterocycles. The van der Waals surface area contributed by atoms with Crippen molar-refractivity contribution < 1.29 is 23.8 Å². The van der Waals surface area contributed by atoms with Gasteiger partial charge in [-0.15, -0.1) is 0 Å². The normalized spacial score (nSPS) is 14.6. The van der Waals surface area contributed by atoms with Crippen molar-refractivity contribution in [2.45, 2.75) is 0 Å². The molecule has 32 heavy (non-hydrogen) atoms. The number of rotatable bonds is 6. The highest BCUT2D eigenvalue weighted by molar-refractivity contribution is 6.00. The summed E-state index contributed by atoms with van der Waals surface area (Å²) in [7, 11) is 0. The van der Waals surface area contributed by atoms with Gasteiger partial charge in [-0.05, 0) is 36.4 Å². The van der Waals surface area contributed by atoms with Crippen LogP contribution in [0.3, 0.4) is 0 Å². The third kappa shape index (κ3) is 4.02. The van der Waals surface area contributed by atoms with Crippen LogP contribution >= 0.6 is 0 Å². The van der Waals surface area contributed by atoms with E-state index < -0.39 is 0 Å². The van der Waals surface area contributed by atoms with E-state index in [9.17, 15) is 9.59 Å². The maximum absolute atomic E-state index is 12.9. The number of hydrogen-bond donors (Lipinski definition) is 1. The summed E-state index contributed by atoms with van der Waals surface area (Å²) in [6.45, 7) is 1.05. The van der Waals surface area contributed by atoms with E-state index in [1.54, 1.807) is 29.2 Å². The third-order valence-electron chi connectivity index (χ3n) is 5.23. The van der Waals surface area contributed by atoms with Gasteiger partial charge in [0.05, 0.1) is 5.69 Å². The molecule has 1 saturated heterocycles. The van der Waals surface area contributed by atoms with Crippen LogP contribution in [0, 0.1) is 0 Å². The number of anilines is 2. The van der Waals surface area contributed by atoms with Crippen molar-refractivity contribution in [1.29, 1.82) is 0 Å². The van der Waals surface area contributed by atoms with E-state index in [2.05, 4.69) is 5.32 Å². The highest BCUT2D eigenvalue weighted by Crippen LogP contribution is 2.36. The summed E-state index contributed by atoms with van der Waals surface area (Å²) in [6.07, 6.45) is 0. The Balaban J connectivity index is 1.23. The van der Waals surface area contributed by atoms with Crippen molar-refractivity contribution in [3.05, 3.63) is 72.8 Å². The first-order chi connectivity index (χ1) is 15.7. The van der Waals surface area contributed by atoms with Crippen LogP contribution in [-0.4, -0.2) is 43.3 Å². The zero-order chi connectivity index (χ0) is 21.9. The maximum Gasteiger partial charge on any atom is 0.325 e. The molecular weight excluding hydrogens is 410 g/mol. The van der Waals surface area contributed by atoms with Crippen molar-refractivity contribution in [1.82, 2.24) is 4.90 Å². The van der Waals surface area contributed by atoms with Gasteiger partial charge >= 0.3 is 6.03 Å². The SMILES string of the molecule is O=C(CN1CCN(c2ccc3c(c2)OCO3)C1=O)Nc1ccccc1Oc1ccccc1. The number of ether oxygens (including phenoxy) is 3. The zero-order valence-corrected chi connectivity index (χ0v) is 17.2. The van der Waals surface area contributed by atoms with Crippen LogP contribution in [0.1, 0.15) is 0 Å². The van der Waals surface area contributed by atoms with Crippen LogP contribution < -0.4 is 24.4 Å². The number of carbonyl (C=O) groups is 2. The molecule has 0 radical (unpaired) electrons. The molecule has 1 fully saturated rings. The van der Waals surface area contributed by atoms with E-state index in [1.807, 2.05) is 48.5 Å². The summed E-state index contributed by atoms with van der Waals surface area (Å²) in [4.78, 5) is 28.7. The van der Waals surface area contributed by atoms with E-state index in [4.69, 9.17) is 14.2 Å². The van der Waals surface area contributed by atoms with Gasteiger partial charge in [0.2, 0.25) is 12.7 Å². The number of carbonyl (C=O) groups excluding carboxylic acids is 2. The molecule has 8 heteroatoms. The van der Waals surface area contributed by atoms with Gasteiger partial charge in [-0.2, -0.15) is 0 Å². The van der Waals surface area contributed by atoms with Crippen LogP contribution in [0.2, 0.25) is 0 Å². The van der Waals surface area contributed by atoms with Crippen LogP contribution in [0.4, 0.5) is 16.2 Å². The summed E-state index contributed by atoms with van der Waals surface area (Å²) in [5.41, 5.74) is 1.25. The van der Waals surface area contributed by atoms with Crippen molar-refractivity contribution in [3.63, 3.8) is 0 Å². The molecule has 2 aliphatic rings. The number of nitrogens with one attached hydrogen (secondary N) is 1. The lowest BCUT2D eigenvalue weighted by molar-refractivity contribution is -0.116. The van der Waals surface area contributed by atoms with Gasteiger partial charge < -0.3 is 24.4 Å². The van der Waals surface area contributed by atoms with E-state index in [-0.39, 0.29) is 25.3 Å². The lowest BCUT2D eigenvalue weighted by Crippen LogP contribution is -2.37. The molecule has 8 nitrogen and oxygen atoms in total. The van der Waals surface area contributed by atoms with Crippen LogP contribution in [0.25, 0.3) is 0 Å². The highest BCUT2D eigenvalue weighted by atomic mass is 16.7. The van der Waals surface area contributed by atoms with Gasteiger partial charge in [-0.3, -0.25) is 9.69 Å². The first kappa shape index (κ1) is 19.7. The summed E-state index contributed by atoms with van der Waals surface area (Å²) in [5.74, 6) is 2.18. The molecule has 3 aromatic rings. The smallest absolute Gasteiger partial charge is 0.325 e. The molecule has 0 unspecified atom stereocenters. The number of hydrogen-bond acceptors (Lipinski definition) is 5. The predicted molar refractivity (Wildman–Crippen MR) is 118 cm³/mol. The Morgan fingerprint density at radius 1 is 0.938 bits per heavy atom. The number of urea groups is 1. The van der Waals surface area contributed by atoms with Gasteiger partial charge in [-0.25, -0.2) is 4.79 Å². The molecule has 5 rings (SSSR count). The number of fused-ring (bicyclic) bond motifs is 1. The Morgan fingerprint density at radius 2 is 1.72 bits per heavy atom. The summed E-state index contributed by atoms with van der Waals surface area (Å²) in [6, 6.07) is 21.7. The fourth-order valence-corrected chi connectivity index (χ4v) is 3.66. The predicted octanol–water partition coefficient (Wildman–Crippen LogP) is 4.09. The molecule has 0 bridgehead atoms. The molecule has 1 N–H and O–H groups in total. The Labute approximate surface area is 184 Å². The number of benzene rings is 3. The molecule has 3 aromatic carbocycles. The number of para-hydroxylation sites is 3. The lowest BCUT2D eigenvalue weighted by Gasteiger charge is -2.19. The topological polar surface area (TPSA) is 80.3 Å². The first-order valence-corrected chi connectivity index (χ1v) is 10.3. The molecule has 0 saturated carbocycles. The fraction of sp³-hybridized carbons (Fsp3) is 0.167. The molecule has 2 heterocycles. The van der Waals surface area contributed by atoms with Gasteiger partial charge in [-0.1, -0.05) is 30.3 Å². The Hall–Kier alpha value is -4.20. The summed E-state index contributed by atoms with van der Waals surface area (Å²) >= 11 is 0. The highest BCUT2D eigenvalue weighted by Gasteiger charge is 2.32. The summed E-state index contributed by atoms with van der Waals surface area (Å²) < 4.78 is 16.6.